The molecule has 17 heavy (non-hydrogen) atoms. The van der Waals surface area contributed by atoms with Crippen LogP contribution in [-0.2, 0) is 5.54 Å². The SMILES string of the molecule is NC1(c2ccc3ccc(Cl)cc3c2)CCCC1. The third kappa shape index (κ3) is 1.94. The van der Waals surface area contributed by atoms with Gasteiger partial charge in [-0.1, -0.05) is 42.6 Å². The van der Waals surface area contributed by atoms with Crippen molar-refractivity contribution in [3.63, 3.8) is 0 Å². The van der Waals surface area contributed by atoms with Gasteiger partial charge in [-0.05, 0) is 47.4 Å². The second-order valence-electron chi connectivity index (χ2n) is 5.07. The van der Waals surface area contributed by atoms with Crippen molar-refractivity contribution in [2.45, 2.75) is 31.2 Å². The zero-order valence-corrected chi connectivity index (χ0v) is 10.5. The molecule has 0 unspecified atom stereocenters. The van der Waals surface area contributed by atoms with Crippen LogP contribution in [0.2, 0.25) is 5.02 Å². The van der Waals surface area contributed by atoms with Gasteiger partial charge in [-0.2, -0.15) is 0 Å². The maximum atomic E-state index is 6.48. The van der Waals surface area contributed by atoms with Crippen LogP contribution in [-0.4, -0.2) is 0 Å². The van der Waals surface area contributed by atoms with Gasteiger partial charge < -0.3 is 5.73 Å². The van der Waals surface area contributed by atoms with Gasteiger partial charge in [-0.15, -0.1) is 0 Å². The van der Waals surface area contributed by atoms with Crippen molar-refractivity contribution in [1.29, 1.82) is 0 Å². The average molecular weight is 246 g/mol. The lowest BCUT2D eigenvalue weighted by molar-refractivity contribution is 0.462. The summed E-state index contributed by atoms with van der Waals surface area (Å²) in [5, 5.41) is 3.19. The lowest BCUT2D eigenvalue weighted by atomic mass is 9.88. The fourth-order valence-electron chi connectivity index (χ4n) is 2.82. The minimum absolute atomic E-state index is 0.115. The Balaban J connectivity index is 2.12. The summed E-state index contributed by atoms with van der Waals surface area (Å²) in [6, 6.07) is 12.5. The molecule has 3 rings (SSSR count). The fourth-order valence-corrected chi connectivity index (χ4v) is 3.00. The predicted molar refractivity (Wildman–Crippen MR) is 73.3 cm³/mol. The topological polar surface area (TPSA) is 26.0 Å². The highest BCUT2D eigenvalue weighted by atomic mass is 35.5. The molecule has 2 aromatic carbocycles. The number of nitrogens with two attached hydrogens (primary N) is 1. The van der Waals surface area contributed by atoms with Crippen LogP contribution in [0.25, 0.3) is 10.8 Å². The third-order valence-electron chi connectivity index (χ3n) is 3.87. The van der Waals surface area contributed by atoms with Crippen molar-refractivity contribution in [2.75, 3.05) is 0 Å². The van der Waals surface area contributed by atoms with Gasteiger partial charge in [0.05, 0.1) is 0 Å². The van der Waals surface area contributed by atoms with Gasteiger partial charge in [0.2, 0.25) is 0 Å². The molecule has 0 aromatic heterocycles. The van der Waals surface area contributed by atoms with E-state index >= 15 is 0 Å². The Hall–Kier alpha value is -1.05. The van der Waals surface area contributed by atoms with E-state index in [1.165, 1.54) is 29.2 Å². The van der Waals surface area contributed by atoms with E-state index in [9.17, 15) is 0 Å². The van der Waals surface area contributed by atoms with Crippen molar-refractivity contribution in [3.8, 4) is 0 Å². The van der Waals surface area contributed by atoms with Crippen LogP contribution in [0.1, 0.15) is 31.2 Å². The van der Waals surface area contributed by atoms with E-state index in [-0.39, 0.29) is 5.54 Å². The fraction of sp³-hybridized carbons (Fsp3) is 0.333. The van der Waals surface area contributed by atoms with Gasteiger partial charge in [0, 0.05) is 10.6 Å². The number of halogens is 1. The van der Waals surface area contributed by atoms with Gasteiger partial charge in [0.15, 0.2) is 0 Å². The van der Waals surface area contributed by atoms with Gasteiger partial charge in [0.25, 0.3) is 0 Å². The molecular weight excluding hydrogens is 230 g/mol. The Morgan fingerprint density at radius 1 is 0.941 bits per heavy atom. The summed E-state index contributed by atoms with van der Waals surface area (Å²) in [7, 11) is 0. The molecule has 2 aromatic rings. The largest absolute Gasteiger partial charge is 0.321 e. The van der Waals surface area contributed by atoms with E-state index in [0.29, 0.717) is 0 Å². The molecule has 1 aliphatic rings. The Morgan fingerprint density at radius 2 is 1.65 bits per heavy atom. The molecule has 88 valence electrons. The summed E-state index contributed by atoms with van der Waals surface area (Å²) >= 11 is 6.03. The number of benzene rings is 2. The Labute approximate surface area is 107 Å². The standard InChI is InChI=1S/C15H16ClN/c16-14-6-4-11-3-5-13(9-12(11)10-14)15(17)7-1-2-8-15/h3-6,9-10H,1-2,7-8,17H2. The van der Waals surface area contributed by atoms with Crippen molar-refractivity contribution in [2.24, 2.45) is 5.73 Å². The first-order valence-electron chi connectivity index (χ1n) is 6.16. The molecule has 1 saturated carbocycles. The molecule has 1 nitrogen and oxygen atoms in total. The van der Waals surface area contributed by atoms with Gasteiger partial charge in [-0.3, -0.25) is 0 Å². The Morgan fingerprint density at radius 3 is 2.41 bits per heavy atom. The zero-order valence-electron chi connectivity index (χ0n) is 9.75. The van der Waals surface area contributed by atoms with Gasteiger partial charge >= 0.3 is 0 Å². The maximum Gasteiger partial charge on any atom is 0.0412 e. The van der Waals surface area contributed by atoms with Crippen LogP contribution in [0.15, 0.2) is 36.4 Å². The smallest absolute Gasteiger partial charge is 0.0412 e. The summed E-state index contributed by atoms with van der Waals surface area (Å²) in [5.74, 6) is 0. The number of hydrogen-bond donors (Lipinski definition) is 1. The van der Waals surface area contributed by atoms with Gasteiger partial charge in [-0.25, -0.2) is 0 Å². The number of rotatable bonds is 1. The van der Waals surface area contributed by atoms with Crippen LogP contribution in [0.3, 0.4) is 0 Å². The maximum absolute atomic E-state index is 6.48. The molecule has 0 amide bonds. The second-order valence-corrected chi connectivity index (χ2v) is 5.51. The highest BCUT2D eigenvalue weighted by Crippen LogP contribution is 2.37. The van der Waals surface area contributed by atoms with Gasteiger partial charge in [0.1, 0.15) is 0 Å². The van der Waals surface area contributed by atoms with Crippen molar-refractivity contribution in [3.05, 3.63) is 47.0 Å². The minimum atomic E-state index is -0.115. The molecule has 0 spiro atoms. The highest BCUT2D eigenvalue weighted by molar-refractivity contribution is 6.31. The van der Waals surface area contributed by atoms with E-state index in [0.717, 1.165) is 17.9 Å². The predicted octanol–water partition coefficient (Wildman–Crippen LogP) is 4.22. The quantitative estimate of drug-likeness (QED) is 0.800. The first-order chi connectivity index (χ1) is 8.17. The minimum Gasteiger partial charge on any atom is -0.321 e. The molecule has 2 N–H and O–H groups in total. The van der Waals surface area contributed by atoms with Crippen LogP contribution in [0, 0.1) is 0 Å². The highest BCUT2D eigenvalue weighted by Gasteiger charge is 2.31. The van der Waals surface area contributed by atoms with Crippen molar-refractivity contribution >= 4 is 22.4 Å². The van der Waals surface area contributed by atoms with E-state index in [2.05, 4.69) is 24.3 Å². The first kappa shape index (κ1) is 11.1. The van der Waals surface area contributed by atoms with Crippen LogP contribution in [0.5, 0.6) is 0 Å². The summed E-state index contributed by atoms with van der Waals surface area (Å²) < 4.78 is 0. The first-order valence-corrected chi connectivity index (χ1v) is 6.54. The summed E-state index contributed by atoms with van der Waals surface area (Å²) in [6.45, 7) is 0. The molecule has 2 heteroatoms. The molecular formula is C15H16ClN. The number of fused-ring (bicyclic) bond motifs is 1. The monoisotopic (exact) mass is 245 g/mol. The average Bonchev–Trinajstić information content (AvgIpc) is 2.76. The van der Waals surface area contributed by atoms with E-state index in [1.807, 2.05) is 12.1 Å². The summed E-state index contributed by atoms with van der Waals surface area (Å²) in [4.78, 5) is 0. The normalized spacial score (nSPS) is 18.7. The van der Waals surface area contributed by atoms with Crippen LogP contribution in [0.4, 0.5) is 0 Å². The van der Waals surface area contributed by atoms with Crippen LogP contribution >= 0.6 is 11.6 Å². The van der Waals surface area contributed by atoms with Crippen LogP contribution < -0.4 is 5.73 Å². The Bertz CT molecular complexity index is 556. The molecule has 0 heterocycles. The zero-order chi connectivity index (χ0) is 11.9. The molecule has 0 aliphatic heterocycles. The van der Waals surface area contributed by atoms with E-state index < -0.39 is 0 Å². The number of hydrogen-bond acceptors (Lipinski definition) is 1. The second kappa shape index (κ2) is 4.01. The van der Waals surface area contributed by atoms with Crippen molar-refractivity contribution in [1.82, 2.24) is 0 Å². The van der Waals surface area contributed by atoms with Crippen molar-refractivity contribution < 1.29 is 0 Å². The van der Waals surface area contributed by atoms with E-state index in [4.69, 9.17) is 17.3 Å². The lowest BCUT2D eigenvalue weighted by Gasteiger charge is -2.24. The summed E-state index contributed by atoms with van der Waals surface area (Å²) in [5.41, 5.74) is 7.62. The third-order valence-corrected chi connectivity index (χ3v) is 4.11. The van der Waals surface area contributed by atoms with E-state index in [1.54, 1.807) is 0 Å². The summed E-state index contributed by atoms with van der Waals surface area (Å²) in [6.07, 6.45) is 4.67. The molecule has 0 saturated heterocycles. The molecule has 1 fully saturated rings. The molecule has 0 radical (unpaired) electrons. The molecule has 0 atom stereocenters. The Kier molecular flexibility index (Phi) is 2.61. The lowest BCUT2D eigenvalue weighted by Crippen LogP contribution is -2.32. The molecule has 0 bridgehead atoms. The molecule has 1 aliphatic carbocycles.